The molecule has 0 atom stereocenters. The van der Waals surface area contributed by atoms with Crippen molar-refractivity contribution >= 4 is 23.5 Å². The van der Waals surface area contributed by atoms with Gasteiger partial charge in [0.2, 0.25) is 24.7 Å². The van der Waals surface area contributed by atoms with Crippen LogP contribution in [0.3, 0.4) is 0 Å². The number of nitrogens with one attached hydrogen (secondary N) is 3. The van der Waals surface area contributed by atoms with Gasteiger partial charge in [0.05, 0.1) is 6.33 Å². The van der Waals surface area contributed by atoms with Gasteiger partial charge in [0.1, 0.15) is 5.75 Å². The van der Waals surface area contributed by atoms with Gasteiger partial charge in [-0.05, 0) is 31.4 Å². The van der Waals surface area contributed by atoms with Crippen molar-refractivity contribution in [1.82, 2.24) is 24.5 Å². The van der Waals surface area contributed by atoms with Crippen LogP contribution in [0.25, 0.3) is 0 Å². The highest BCUT2D eigenvalue weighted by atomic mass is 19.1. The molecule has 33 heavy (non-hydrogen) atoms. The molecule has 3 aromatic rings. The number of hydrogen-bond acceptors (Lipinski definition) is 8. The Balaban J connectivity index is 1.45. The molecule has 1 aromatic carbocycles. The average Bonchev–Trinajstić information content (AvgIpc) is 3.20. The zero-order valence-corrected chi connectivity index (χ0v) is 18.7. The first-order valence-corrected chi connectivity index (χ1v) is 11.6. The molecule has 1 aliphatic carbocycles. The number of anilines is 4. The largest absolute Gasteiger partial charge is 0.463 e. The summed E-state index contributed by atoms with van der Waals surface area (Å²) in [7, 11) is 0. The second kappa shape index (κ2) is 12.0. The lowest BCUT2D eigenvalue weighted by Gasteiger charge is -2.17. The van der Waals surface area contributed by atoms with E-state index in [9.17, 15) is 4.39 Å². The summed E-state index contributed by atoms with van der Waals surface area (Å²) in [5.74, 6) is 1.90. The van der Waals surface area contributed by atoms with Crippen molar-refractivity contribution in [3.8, 4) is 5.75 Å². The molecule has 0 unspecified atom stereocenters. The second-order valence-corrected chi connectivity index (χ2v) is 8.13. The monoisotopic (exact) mass is 454 g/mol. The van der Waals surface area contributed by atoms with Crippen LogP contribution in [0.4, 0.5) is 27.9 Å². The van der Waals surface area contributed by atoms with Gasteiger partial charge in [-0.2, -0.15) is 15.0 Å². The highest BCUT2D eigenvalue weighted by Gasteiger charge is 2.15. The number of aryl methyl sites for hydroxylation is 1. The van der Waals surface area contributed by atoms with Crippen LogP contribution in [-0.4, -0.2) is 44.0 Å². The Kier molecular flexibility index (Phi) is 8.26. The fraction of sp³-hybridized carbons (Fsp3) is 0.478. The van der Waals surface area contributed by atoms with Gasteiger partial charge in [-0.3, -0.25) is 0 Å². The van der Waals surface area contributed by atoms with Crippen LogP contribution in [0.5, 0.6) is 5.75 Å². The molecule has 1 saturated carbocycles. The summed E-state index contributed by atoms with van der Waals surface area (Å²) in [6.07, 6.45) is 13.7. The van der Waals surface area contributed by atoms with E-state index in [1.165, 1.54) is 25.7 Å². The van der Waals surface area contributed by atoms with Crippen LogP contribution >= 0.6 is 0 Å². The Morgan fingerprint density at radius 3 is 2.64 bits per heavy atom. The minimum atomic E-state index is -0.877. The van der Waals surface area contributed by atoms with Crippen molar-refractivity contribution in [3.05, 3.63) is 43.0 Å². The fourth-order valence-corrected chi connectivity index (χ4v) is 3.92. The third-order valence-corrected chi connectivity index (χ3v) is 5.57. The number of alkyl halides is 1. The maximum Gasteiger partial charge on any atom is 0.233 e. The Labute approximate surface area is 193 Å². The first-order valence-electron chi connectivity index (χ1n) is 11.6. The maximum absolute atomic E-state index is 12.5. The van der Waals surface area contributed by atoms with E-state index < -0.39 is 6.86 Å². The van der Waals surface area contributed by atoms with E-state index in [2.05, 4.69) is 35.9 Å². The van der Waals surface area contributed by atoms with Gasteiger partial charge in [-0.25, -0.2) is 9.37 Å². The van der Waals surface area contributed by atoms with Gasteiger partial charge in [0, 0.05) is 43.3 Å². The molecule has 0 aliphatic heterocycles. The van der Waals surface area contributed by atoms with Crippen molar-refractivity contribution in [2.45, 2.75) is 57.5 Å². The van der Waals surface area contributed by atoms with Crippen LogP contribution in [-0.2, 0) is 6.54 Å². The summed E-state index contributed by atoms with van der Waals surface area (Å²) >= 11 is 0. The van der Waals surface area contributed by atoms with Crippen LogP contribution < -0.4 is 20.7 Å². The molecule has 10 heteroatoms. The van der Waals surface area contributed by atoms with E-state index in [1.54, 1.807) is 30.7 Å². The zero-order chi connectivity index (χ0) is 22.7. The van der Waals surface area contributed by atoms with Crippen molar-refractivity contribution in [1.29, 1.82) is 0 Å². The van der Waals surface area contributed by atoms with E-state index in [-0.39, 0.29) is 0 Å². The Morgan fingerprint density at radius 1 is 1.03 bits per heavy atom. The van der Waals surface area contributed by atoms with Crippen molar-refractivity contribution in [2.75, 3.05) is 29.4 Å². The fourth-order valence-electron chi connectivity index (χ4n) is 3.92. The number of hydrogen-bond donors (Lipinski definition) is 3. The van der Waals surface area contributed by atoms with E-state index >= 15 is 0 Å². The summed E-state index contributed by atoms with van der Waals surface area (Å²) in [5.41, 5.74) is 0.707. The molecule has 3 N–H and O–H groups in total. The van der Waals surface area contributed by atoms with Gasteiger partial charge in [0.15, 0.2) is 0 Å². The van der Waals surface area contributed by atoms with Crippen LogP contribution in [0.2, 0.25) is 0 Å². The Hall–Kier alpha value is -3.43. The molecule has 0 saturated heterocycles. The molecular weight excluding hydrogens is 423 g/mol. The Bertz CT molecular complexity index is 976. The van der Waals surface area contributed by atoms with Gasteiger partial charge >= 0.3 is 0 Å². The molecule has 2 heterocycles. The lowest BCUT2D eigenvalue weighted by molar-refractivity contribution is 0.192. The number of rotatable bonds is 11. The normalized spacial score (nSPS) is 14.5. The summed E-state index contributed by atoms with van der Waals surface area (Å²) in [5, 5.41) is 10.00. The lowest BCUT2D eigenvalue weighted by atomic mass is 10.1. The molecule has 176 valence electrons. The van der Waals surface area contributed by atoms with Gasteiger partial charge in [-0.15, -0.1) is 0 Å². The van der Waals surface area contributed by atoms with E-state index in [0.717, 1.165) is 25.8 Å². The van der Waals surface area contributed by atoms with Crippen LogP contribution in [0.1, 0.15) is 44.9 Å². The molecule has 0 amide bonds. The van der Waals surface area contributed by atoms with Crippen molar-refractivity contribution in [3.63, 3.8) is 0 Å². The predicted molar refractivity (Wildman–Crippen MR) is 127 cm³/mol. The summed E-state index contributed by atoms with van der Waals surface area (Å²) in [6, 6.07) is 7.41. The molecule has 0 radical (unpaired) electrons. The topological polar surface area (TPSA) is 102 Å². The number of ether oxygens (including phenoxy) is 1. The summed E-state index contributed by atoms with van der Waals surface area (Å²) in [4.78, 5) is 17.8. The number of nitrogens with zero attached hydrogens (tertiary/aromatic N) is 5. The second-order valence-electron chi connectivity index (χ2n) is 8.13. The molecular formula is C23H31FN8O. The van der Waals surface area contributed by atoms with Gasteiger partial charge < -0.3 is 25.3 Å². The average molecular weight is 455 g/mol. The molecule has 4 rings (SSSR count). The van der Waals surface area contributed by atoms with Gasteiger partial charge in [0.25, 0.3) is 0 Å². The minimum absolute atomic E-state index is 0.359. The SMILES string of the molecule is FCOc1cccc(Nc2nc(NCCCn3ccnc3)nc(NC3CCCCCC3)n2)c1. The van der Waals surface area contributed by atoms with Crippen LogP contribution in [0, 0.1) is 0 Å². The van der Waals surface area contributed by atoms with Crippen molar-refractivity contribution < 1.29 is 9.13 Å². The number of halogens is 1. The van der Waals surface area contributed by atoms with E-state index in [1.807, 2.05) is 16.8 Å². The smallest absolute Gasteiger partial charge is 0.233 e. The first kappa shape index (κ1) is 22.8. The summed E-state index contributed by atoms with van der Waals surface area (Å²) < 4.78 is 19.5. The number of benzene rings is 1. The quantitative estimate of drug-likeness (QED) is 0.282. The van der Waals surface area contributed by atoms with E-state index in [4.69, 9.17) is 4.74 Å². The molecule has 0 spiro atoms. The highest BCUT2D eigenvalue weighted by molar-refractivity contribution is 5.57. The van der Waals surface area contributed by atoms with Crippen molar-refractivity contribution in [2.24, 2.45) is 0 Å². The van der Waals surface area contributed by atoms with Gasteiger partial charge in [-0.1, -0.05) is 31.7 Å². The molecule has 1 fully saturated rings. The third kappa shape index (κ3) is 7.30. The zero-order valence-electron chi connectivity index (χ0n) is 18.7. The summed E-state index contributed by atoms with van der Waals surface area (Å²) in [6.45, 7) is 0.694. The Morgan fingerprint density at radius 2 is 1.85 bits per heavy atom. The van der Waals surface area contributed by atoms with Crippen LogP contribution in [0.15, 0.2) is 43.0 Å². The predicted octanol–water partition coefficient (Wildman–Crippen LogP) is 4.75. The maximum atomic E-state index is 12.5. The molecule has 2 aromatic heterocycles. The highest BCUT2D eigenvalue weighted by Crippen LogP contribution is 2.23. The molecule has 1 aliphatic rings. The standard InChI is InChI=1S/C23H31FN8O/c24-16-33-20-10-5-9-19(15-20)28-23-30-21(26-11-6-13-32-14-12-25-17-32)29-22(31-23)27-18-7-3-1-2-4-8-18/h5,9-10,12,14-15,17-18H,1-4,6-8,11,13,16H2,(H3,26,27,28,29,30,31). The third-order valence-electron chi connectivity index (χ3n) is 5.57. The van der Waals surface area contributed by atoms with E-state index in [0.29, 0.717) is 41.9 Å². The minimum Gasteiger partial charge on any atom is -0.463 e. The lowest BCUT2D eigenvalue weighted by Crippen LogP contribution is -2.21. The number of imidazole rings is 1. The molecule has 0 bridgehead atoms. The number of aromatic nitrogens is 5. The molecule has 9 nitrogen and oxygen atoms in total. The first-order chi connectivity index (χ1) is 16.3.